The molecule has 1 aliphatic rings. The highest BCUT2D eigenvalue weighted by molar-refractivity contribution is 7.17. The molecule has 0 fully saturated rings. The van der Waals surface area contributed by atoms with E-state index in [1.807, 2.05) is 30.3 Å². The fourth-order valence-electron chi connectivity index (χ4n) is 3.12. The molecule has 2 heterocycles. The number of ether oxygens (including phenoxy) is 1. The molecule has 0 aliphatic carbocycles. The summed E-state index contributed by atoms with van der Waals surface area (Å²) in [6.07, 6.45) is 4.04. The number of halogens is 1. The number of thiophene rings is 1. The molecule has 3 rings (SSSR count). The average molecular weight is 421 g/mol. The fraction of sp³-hybridized carbons (Fsp3) is 0.333. The molecule has 150 valence electrons. The van der Waals surface area contributed by atoms with Crippen molar-refractivity contribution in [1.82, 2.24) is 4.90 Å². The minimum atomic E-state index is -0.359. The lowest BCUT2D eigenvalue weighted by atomic mass is 10.0. The molecule has 1 amide bonds. The zero-order valence-electron chi connectivity index (χ0n) is 16.1. The Morgan fingerprint density at radius 1 is 1.25 bits per heavy atom. The van der Waals surface area contributed by atoms with E-state index in [0.29, 0.717) is 17.2 Å². The predicted octanol–water partition coefficient (Wildman–Crippen LogP) is 4.38. The van der Waals surface area contributed by atoms with Crippen LogP contribution in [0, 0.1) is 0 Å². The molecule has 0 bridgehead atoms. The number of amides is 1. The lowest BCUT2D eigenvalue weighted by molar-refractivity contribution is -0.111. The maximum Gasteiger partial charge on any atom is 0.341 e. The Morgan fingerprint density at radius 3 is 2.68 bits per heavy atom. The first-order valence-corrected chi connectivity index (χ1v) is 10.0. The van der Waals surface area contributed by atoms with Crippen LogP contribution in [0.3, 0.4) is 0 Å². The lowest BCUT2D eigenvalue weighted by Crippen LogP contribution is -2.30. The molecule has 2 aromatic rings. The summed E-state index contributed by atoms with van der Waals surface area (Å²) in [5, 5.41) is 3.47. The molecule has 28 heavy (non-hydrogen) atoms. The van der Waals surface area contributed by atoms with E-state index in [2.05, 4.69) is 17.1 Å². The van der Waals surface area contributed by atoms with E-state index in [1.54, 1.807) is 13.0 Å². The van der Waals surface area contributed by atoms with E-state index in [1.165, 1.54) is 17.4 Å². The SMILES string of the molecule is CCOC(=O)c1c(NC(=O)/C=C\c2ccccc2)sc2c1CCN(CC)C2.Cl. The van der Waals surface area contributed by atoms with Crippen molar-refractivity contribution >= 4 is 46.7 Å². The van der Waals surface area contributed by atoms with E-state index >= 15 is 0 Å². The summed E-state index contributed by atoms with van der Waals surface area (Å²) in [6, 6.07) is 9.62. The second-order valence-corrected chi connectivity index (χ2v) is 7.39. The zero-order valence-corrected chi connectivity index (χ0v) is 17.7. The number of rotatable bonds is 6. The van der Waals surface area contributed by atoms with Crippen molar-refractivity contribution in [3.05, 3.63) is 58.0 Å². The van der Waals surface area contributed by atoms with Crippen molar-refractivity contribution in [1.29, 1.82) is 0 Å². The number of carbonyl (C=O) groups is 2. The van der Waals surface area contributed by atoms with Crippen LogP contribution in [0.15, 0.2) is 36.4 Å². The van der Waals surface area contributed by atoms with Gasteiger partial charge in [0.05, 0.1) is 12.2 Å². The number of nitrogens with one attached hydrogen (secondary N) is 1. The topological polar surface area (TPSA) is 58.6 Å². The summed E-state index contributed by atoms with van der Waals surface area (Å²) in [5.41, 5.74) is 2.49. The summed E-state index contributed by atoms with van der Waals surface area (Å²) in [6.45, 7) is 6.91. The first kappa shape index (κ1) is 22.1. The van der Waals surface area contributed by atoms with Gasteiger partial charge in [-0.1, -0.05) is 37.3 Å². The number of anilines is 1. The van der Waals surface area contributed by atoms with Gasteiger partial charge < -0.3 is 10.1 Å². The highest BCUT2D eigenvalue weighted by Gasteiger charge is 2.28. The highest BCUT2D eigenvalue weighted by Crippen LogP contribution is 2.37. The van der Waals surface area contributed by atoms with E-state index in [9.17, 15) is 9.59 Å². The van der Waals surface area contributed by atoms with Gasteiger partial charge in [-0.2, -0.15) is 0 Å². The molecule has 1 N–H and O–H groups in total. The van der Waals surface area contributed by atoms with Crippen LogP contribution >= 0.6 is 23.7 Å². The van der Waals surface area contributed by atoms with Gasteiger partial charge in [-0.3, -0.25) is 9.69 Å². The van der Waals surface area contributed by atoms with Gasteiger partial charge in [-0.05, 0) is 37.1 Å². The molecule has 0 spiro atoms. The number of esters is 1. The van der Waals surface area contributed by atoms with Crippen molar-refractivity contribution in [2.24, 2.45) is 0 Å². The minimum Gasteiger partial charge on any atom is -0.462 e. The summed E-state index contributed by atoms with van der Waals surface area (Å²) in [7, 11) is 0. The van der Waals surface area contributed by atoms with Crippen molar-refractivity contribution < 1.29 is 14.3 Å². The van der Waals surface area contributed by atoms with Gasteiger partial charge in [0.2, 0.25) is 5.91 Å². The largest absolute Gasteiger partial charge is 0.462 e. The zero-order chi connectivity index (χ0) is 19.2. The number of likely N-dealkylation sites (N-methyl/N-ethyl adjacent to an activating group) is 1. The number of benzene rings is 1. The van der Waals surface area contributed by atoms with Crippen molar-refractivity contribution in [3.63, 3.8) is 0 Å². The lowest BCUT2D eigenvalue weighted by Gasteiger charge is -2.25. The number of fused-ring (bicyclic) bond motifs is 1. The molecule has 1 aliphatic heterocycles. The molecule has 0 saturated heterocycles. The fourth-order valence-corrected chi connectivity index (χ4v) is 4.40. The third-order valence-corrected chi connectivity index (χ3v) is 5.66. The van der Waals surface area contributed by atoms with Crippen molar-refractivity contribution in [3.8, 4) is 0 Å². The Bertz CT molecular complexity index is 849. The summed E-state index contributed by atoms with van der Waals surface area (Å²) < 4.78 is 5.24. The third kappa shape index (κ3) is 5.22. The van der Waals surface area contributed by atoms with E-state index in [-0.39, 0.29) is 24.3 Å². The normalized spacial score (nSPS) is 13.6. The third-order valence-electron chi connectivity index (χ3n) is 4.53. The molecular formula is C21H25ClN2O3S. The van der Waals surface area contributed by atoms with E-state index in [4.69, 9.17) is 4.74 Å². The molecule has 1 aromatic carbocycles. The molecule has 1 aromatic heterocycles. The number of hydrogen-bond acceptors (Lipinski definition) is 5. The van der Waals surface area contributed by atoms with Crippen LogP contribution in [0.25, 0.3) is 6.08 Å². The Labute approximate surface area is 175 Å². The Balaban J connectivity index is 0.00000280. The maximum atomic E-state index is 12.5. The van der Waals surface area contributed by atoms with Crippen LogP contribution in [-0.2, 0) is 22.5 Å². The van der Waals surface area contributed by atoms with Gasteiger partial charge in [0, 0.05) is 24.0 Å². The molecular weight excluding hydrogens is 396 g/mol. The first-order chi connectivity index (χ1) is 13.1. The molecule has 5 nitrogen and oxygen atoms in total. The monoisotopic (exact) mass is 420 g/mol. The van der Waals surface area contributed by atoms with Gasteiger partial charge in [-0.15, -0.1) is 23.7 Å². The molecule has 0 radical (unpaired) electrons. The van der Waals surface area contributed by atoms with Crippen LogP contribution in [-0.4, -0.2) is 36.5 Å². The molecule has 0 unspecified atom stereocenters. The van der Waals surface area contributed by atoms with Crippen molar-refractivity contribution in [2.45, 2.75) is 26.8 Å². The predicted molar refractivity (Wildman–Crippen MR) is 116 cm³/mol. The molecule has 0 atom stereocenters. The summed E-state index contributed by atoms with van der Waals surface area (Å²) >= 11 is 1.48. The van der Waals surface area contributed by atoms with Crippen LogP contribution in [0.4, 0.5) is 5.00 Å². The van der Waals surface area contributed by atoms with Gasteiger partial charge in [0.1, 0.15) is 5.00 Å². The number of hydrogen-bond donors (Lipinski definition) is 1. The Hall–Kier alpha value is -2.15. The van der Waals surface area contributed by atoms with Gasteiger partial charge in [0.15, 0.2) is 0 Å². The highest BCUT2D eigenvalue weighted by atomic mass is 35.5. The average Bonchev–Trinajstić information content (AvgIpc) is 3.04. The number of nitrogens with zero attached hydrogens (tertiary/aromatic N) is 1. The number of carbonyl (C=O) groups excluding carboxylic acids is 2. The second-order valence-electron chi connectivity index (χ2n) is 6.28. The first-order valence-electron chi connectivity index (χ1n) is 9.20. The van der Waals surface area contributed by atoms with Gasteiger partial charge >= 0.3 is 5.97 Å². The maximum absolute atomic E-state index is 12.5. The smallest absolute Gasteiger partial charge is 0.341 e. The Morgan fingerprint density at radius 2 is 2.00 bits per heavy atom. The van der Waals surface area contributed by atoms with Gasteiger partial charge in [0.25, 0.3) is 0 Å². The Kier molecular flexibility index (Phi) is 8.23. The summed E-state index contributed by atoms with van der Waals surface area (Å²) in [4.78, 5) is 28.4. The van der Waals surface area contributed by atoms with Crippen LogP contribution < -0.4 is 5.32 Å². The summed E-state index contributed by atoms with van der Waals surface area (Å²) in [5.74, 6) is -0.613. The minimum absolute atomic E-state index is 0. The van der Waals surface area contributed by atoms with Crippen LogP contribution in [0.1, 0.15) is 40.2 Å². The molecule has 7 heteroatoms. The molecule has 0 saturated carbocycles. The second kappa shape index (κ2) is 10.4. The van der Waals surface area contributed by atoms with Crippen molar-refractivity contribution in [2.75, 3.05) is 25.0 Å². The van der Waals surface area contributed by atoms with E-state index < -0.39 is 0 Å². The van der Waals surface area contributed by atoms with Crippen LogP contribution in [0.2, 0.25) is 0 Å². The quantitative estimate of drug-likeness (QED) is 0.556. The van der Waals surface area contributed by atoms with E-state index in [0.717, 1.165) is 42.1 Å². The standard InChI is InChI=1S/C21H24N2O3S.ClH/c1-3-23-13-12-16-17(14-23)27-20(19(16)21(25)26-4-2)22-18(24)11-10-15-8-6-5-7-9-15;/h5-11H,3-4,12-14H2,1-2H3,(H,22,24);1H/b11-10-;. The van der Waals surface area contributed by atoms with Gasteiger partial charge in [-0.25, -0.2) is 4.79 Å². The van der Waals surface area contributed by atoms with Crippen LogP contribution in [0.5, 0.6) is 0 Å².